The standard InChI is InChI=1S/C15H16ClNO4/c16-10-3-1-9(2-4-10)15(5-6-15)14(21)17-8-11(18)7-12(17)13(19)20/h1-4,11-12,18H,5-8H2,(H,19,20)/t11?,12-/m0/s1. The van der Waals surface area contributed by atoms with Gasteiger partial charge >= 0.3 is 5.97 Å². The first-order chi connectivity index (χ1) is 9.94. The van der Waals surface area contributed by atoms with E-state index in [4.69, 9.17) is 11.6 Å². The lowest BCUT2D eigenvalue weighted by atomic mass is 9.94. The largest absolute Gasteiger partial charge is 0.480 e. The van der Waals surface area contributed by atoms with Crippen LogP contribution in [-0.2, 0) is 15.0 Å². The summed E-state index contributed by atoms with van der Waals surface area (Å²) in [5.74, 6) is -1.26. The number of β-amino-alcohol motifs (C(OH)–C–C–N with tert-alkyl or cyclic N) is 1. The van der Waals surface area contributed by atoms with Crippen molar-refractivity contribution in [3.05, 3.63) is 34.9 Å². The van der Waals surface area contributed by atoms with Gasteiger partial charge < -0.3 is 15.1 Å². The molecule has 2 fully saturated rings. The molecule has 1 amide bonds. The van der Waals surface area contributed by atoms with Crippen molar-refractivity contribution in [2.75, 3.05) is 6.54 Å². The van der Waals surface area contributed by atoms with Crippen molar-refractivity contribution in [3.63, 3.8) is 0 Å². The summed E-state index contributed by atoms with van der Waals surface area (Å²) in [5, 5.41) is 19.5. The molecule has 1 aliphatic heterocycles. The van der Waals surface area contributed by atoms with Crippen LogP contribution >= 0.6 is 11.6 Å². The van der Waals surface area contributed by atoms with Crippen LogP contribution < -0.4 is 0 Å². The number of likely N-dealkylation sites (tertiary alicyclic amines) is 1. The molecule has 2 atom stereocenters. The fraction of sp³-hybridized carbons (Fsp3) is 0.467. The smallest absolute Gasteiger partial charge is 0.326 e. The number of benzene rings is 1. The number of nitrogens with zero attached hydrogens (tertiary/aromatic N) is 1. The van der Waals surface area contributed by atoms with Gasteiger partial charge in [-0.1, -0.05) is 23.7 Å². The van der Waals surface area contributed by atoms with E-state index in [0.29, 0.717) is 17.9 Å². The van der Waals surface area contributed by atoms with Crippen LogP contribution in [0.1, 0.15) is 24.8 Å². The van der Waals surface area contributed by atoms with Gasteiger partial charge in [-0.25, -0.2) is 4.79 Å². The maximum absolute atomic E-state index is 12.8. The van der Waals surface area contributed by atoms with Crippen molar-refractivity contribution < 1.29 is 19.8 Å². The van der Waals surface area contributed by atoms with E-state index in [9.17, 15) is 19.8 Å². The second-order valence-electron chi connectivity index (χ2n) is 5.79. The fourth-order valence-electron chi connectivity index (χ4n) is 3.07. The third-order valence-electron chi connectivity index (χ3n) is 4.38. The summed E-state index contributed by atoms with van der Waals surface area (Å²) in [6.45, 7) is 0.0884. The molecule has 1 aromatic carbocycles. The molecule has 0 bridgehead atoms. The van der Waals surface area contributed by atoms with Gasteiger partial charge in [0.1, 0.15) is 6.04 Å². The number of aliphatic hydroxyl groups excluding tert-OH is 1. The molecule has 21 heavy (non-hydrogen) atoms. The van der Waals surface area contributed by atoms with Crippen LogP contribution in [-0.4, -0.2) is 45.7 Å². The number of amides is 1. The molecule has 1 unspecified atom stereocenters. The monoisotopic (exact) mass is 309 g/mol. The van der Waals surface area contributed by atoms with Crippen molar-refractivity contribution in [1.29, 1.82) is 0 Å². The lowest BCUT2D eigenvalue weighted by molar-refractivity contribution is -0.149. The van der Waals surface area contributed by atoms with E-state index in [-0.39, 0.29) is 18.9 Å². The minimum atomic E-state index is -1.06. The molecule has 3 rings (SSSR count). The summed E-state index contributed by atoms with van der Waals surface area (Å²) < 4.78 is 0. The summed E-state index contributed by atoms with van der Waals surface area (Å²) >= 11 is 5.87. The lowest BCUT2D eigenvalue weighted by Crippen LogP contribution is -2.45. The molecule has 1 saturated heterocycles. The Balaban J connectivity index is 1.87. The van der Waals surface area contributed by atoms with Gasteiger partial charge in [0, 0.05) is 18.0 Å². The van der Waals surface area contributed by atoms with Gasteiger partial charge in [-0.05, 0) is 30.5 Å². The van der Waals surface area contributed by atoms with E-state index in [1.54, 1.807) is 12.1 Å². The van der Waals surface area contributed by atoms with Crippen molar-refractivity contribution in [2.24, 2.45) is 0 Å². The molecule has 1 heterocycles. The highest BCUT2D eigenvalue weighted by molar-refractivity contribution is 6.30. The highest BCUT2D eigenvalue weighted by Gasteiger charge is 2.56. The third kappa shape index (κ3) is 2.40. The number of carboxylic acids is 1. The van der Waals surface area contributed by atoms with Crippen LogP contribution in [0.4, 0.5) is 0 Å². The molecule has 5 nitrogen and oxygen atoms in total. The normalized spacial score (nSPS) is 26.7. The molecule has 112 valence electrons. The highest BCUT2D eigenvalue weighted by atomic mass is 35.5. The maximum atomic E-state index is 12.8. The first kappa shape index (κ1) is 14.4. The Hall–Kier alpha value is -1.59. The van der Waals surface area contributed by atoms with Crippen LogP contribution in [0, 0.1) is 0 Å². The van der Waals surface area contributed by atoms with E-state index in [0.717, 1.165) is 5.56 Å². The summed E-state index contributed by atoms with van der Waals surface area (Å²) in [4.78, 5) is 25.4. The molecular formula is C15H16ClNO4. The quantitative estimate of drug-likeness (QED) is 0.885. The molecule has 2 aliphatic rings. The number of hydrogen-bond acceptors (Lipinski definition) is 3. The molecule has 1 aliphatic carbocycles. The van der Waals surface area contributed by atoms with Crippen LogP contribution in [0.3, 0.4) is 0 Å². The van der Waals surface area contributed by atoms with E-state index in [1.165, 1.54) is 4.90 Å². The fourth-order valence-corrected chi connectivity index (χ4v) is 3.19. The molecule has 1 aromatic rings. The number of aliphatic hydroxyl groups is 1. The number of hydrogen-bond donors (Lipinski definition) is 2. The zero-order valence-electron chi connectivity index (χ0n) is 11.3. The first-order valence-electron chi connectivity index (χ1n) is 6.92. The summed E-state index contributed by atoms with van der Waals surface area (Å²) in [6, 6.07) is 6.16. The zero-order chi connectivity index (χ0) is 15.2. The van der Waals surface area contributed by atoms with E-state index >= 15 is 0 Å². The Kier molecular flexibility index (Phi) is 3.42. The Bertz CT molecular complexity index is 582. The third-order valence-corrected chi connectivity index (χ3v) is 4.63. The van der Waals surface area contributed by atoms with Gasteiger partial charge in [-0.3, -0.25) is 4.79 Å². The molecule has 0 radical (unpaired) electrons. The number of carboxylic acid groups (broad SMARTS) is 1. The van der Waals surface area contributed by atoms with E-state index in [2.05, 4.69) is 0 Å². The minimum Gasteiger partial charge on any atom is -0.480 e. The van der Waals surface area contributed by atoms with Gasteiger partial charge in [-0.15, -0.1) is 0 Å². The summed E-state index contributed by atoms with van der Waals surface area (Å²) in [7, 11) is 0. The van der Waals surface area contributed by atoms with Crippen molar-refractivity contribution in [2.45, 2.75) is 36.8 Å². The first-order valence-corrected chi connectivity index (χ1v) is 7.30. The van der Waals surface area contributed by atoms with Gasteiger partial charge in [-0.2, -0.15) is 0 Å². The summed E-state index contributed by atoms with van der Waals surface area (Å²) in [5.41, 5.74) is 0.227. The van der Waals surface area contributed by atoms with Crippen LogP contribution in [0.15, 0.2) is 24.3 Å². The molecule has 6 heteroatoms. The second kappa shape index (κ2) is 5.00. The highest BCUT2D eigenvalue weighted by Crippen LogP contribution is 2.50. The van der Waals surface area contributed by atoms with Gasteiger partial charge in [0.05, 0.1) is 11.5 Å². The molecule has 2 N–H and O–H groups in total. The number of aliphatic carboxylic acids is 1. The summed E-state index contributed by atoms with van der Waals surface area (Å²) in [6.07, 6.45) is 0.729. The van der Waals surface area contributed by atoms with Gasteiger partial charge in [0.15, 0.2) is 0 Å². The number of halogens is 1. The average molecular weight is 310 g/mol. The van der Waals surface area contributed by atoms with E-state index < -0.39 is 23.5 Å². The Labute approximate surface area is 127 Å². The van der Waals surface area contributed by atoms with Crippen molar-refractivity contribution in [1.82, 2.24) is 4.90 Å². The topological polar surface area (TPSA) is 77.8 Å². The van der Waals surface area contributed by atoms with Gasteiger partial charge in [0.2, 0.25) is 5.91 Å². The number of carbonyl (C=O) groups excluding carboxylic acids is 1. The second-order valence-corrected chi connectivity index (χ2v) is 6.23. The van der Waals surface area contributed by atoms with Crippen LogP contribution in [0.2, 0.25) is 5.02 Å². The Morgan fingerprint density at radius 3 is 2.38 bits per heavy atom. The van der Waals surface area contributed by atoms with Crippen LogP contribution in [0.5, 0.6) is 0 Å². The average Bonchev–Trinajstić information content (AvgIpc) is 3.15. The minimum absolute atomic E-state index is 0.0884. The Morgan fingerprint density at radius 2 is 1.86 bits per heavy atom. The molecule has 0 aromatic heterocycles. The predicted molar refractivity (Wildman–Crippen MR) is 76.1 cm³/mol. The number of rotatable bonds is 3. The SMILES string of the molecule is O=C(O)[C@@H]1CC(O)CN1C(=O)C1(c2ccc(Cl)cc2)CC1. The van der Waals surface area contributed by atoms with Crippen molar-refractivity contribution >= 4 is 23.5 Å². The Morgan fingerprint density at radius 1 is 1.24 bits per heavy atom. The van der Waals surface area contributed by atoms with E-state index in [1.807, 2.05) is 12.1 Å². The van der Waals surface area contributed by atoms with Crippen molar-refractivity contribution in [3.8, 4) is 0 Å². The van der Waals surface area contributed by atoms with Crippen LogP contribution in [0.25, 0.3) is 0 Å². The predicted octanol–water partition coefficient (Wildman–Crippen LogP) is 1.42. The zero-order valence-corrected chi connectivity index (χ0v) is 12.1. The molecule has 1 saturated carbocycles. The maximum Gasteiger partial charge on any atom is 0.326 e. The molecule has 0 spiro atoms. The molecular weight excluding hydrogens is 294 g/mol. The van der Waals surface area contributed by atoms with Gasteiger partial charge in [0.25, 0.3) is 0 Å². The number of carbonyl (C=O) groups is 2. The lowest BCUT2D eigenvalue weighted by Gasteiger charge is -2.26.